The summed E-state index contributed by atoms with van der Waals surface area (Å²) < 4.78 is 21.9. The summed E-state index contributed by atoms with van der Waals surface area (Å²) in [4.78, 5) is 0. The standard InChI is InChI=1S/C8H15NO2S/c9-12(10,11)7-5-8(6-7)3-1-2-4-8/h7H,1-6H2,(H2,9,10,11). The SMILES string of the molecule is NS(=O)(=O)C1CC2(CCCC2)C1. The molecule has 2 fully saturated rings. The van der Waals surface area contributed by atoms with Crippen LogP contribution in [0.5, 0.6) is 0 Å². The van der Waals surface area contributed by atoms with Crippen LogP contribution in [0, 0.1) is 5.41 Å². The minimum atomic E-state index is -3.23. The van der Waals surface area contributed by atoms with Gasteiger partial charge in [-0.3, -0.25) is 0 Å². The number of rotatable bonds is 1. The Hall–Kier alpha value is -0.0900. The van der Waals surface area contributed by atoms with Gasteiger partial charge in [-0.05, 0) is 31.1 Å². The van der Waals surface area contributed by atoms with Crippen molar-refractivity contribution in [3.8, 4) is 0 Å². The molecule has 0 saturated heterocycles. The van der Waals surface area contributed by atoms with Gasteiger partial charge in [0.25, 0.3) is 0 Å². The van der Waals surface area contributed by atoms with Gasteiger partial charge in [0.2, 0.25) is 10.0 Å². The Morgan fingerprint density at radius 3 is 2.08 bits per heavy atom. The molecule has 0 atom stereocenters. The van der Waals surface area contributed by atoms with Crippen molar-refractivity contribution < 1.29 is 8.42 Å². The van der Waals surface area contributed by atoms with Crippen molar-refractivity contribution in [1.29, 1.82) is 0 Å². The molecule has 70 valence electrons. The van der Waals surface area contributed by atoms with E-state index in [4.69, 9.17) is 5.14 Å². The monoisotopic (exact) mass is 189 g/mol. The molecule has 2 aliphatic rings. The Bertz CT molecular complexity index is 269. The van der Waals surface area contributed by atoms with Crippen molar-refractivity contribution in [2.75, 3.05) is 0 Å². The first-order chi connectivity index (χ1) is 5.52. The molecule has 2 saturated carbocycles. The summed E-state index contributed by atoms with van der Waals surface area (Å²) in [6.45, 7) is 0. The maximum atomic E-state index is 10.9. The zero-order chi connectivity index (χ0) is 8.82. The Balaban J connectivity index is 1.99. The molecule has 0 aromatic carbocycles. The van der Waals surface area contributed by atoms with Crippen LogP contribution < -0.4 is 5.14 Å². The summed E-state index contributed by atoms with van der Waals surface area (Å²) in [6, 6.07) is 0. The number of primary sulfonamides is 1. The van der Waals surface area contributed by atoms with Crippen molar-refractivity contribution >= 4 is 10.0 Å². The largest absolute Gasteiger partial charge is 0.228 e. The number of sulfonamides is 1. The van der Waals surface area contributed by atoms with Gasteiger partial charge < -0.3 is 0 Å². The second kappa shape index (κ2) is 2.45. The first kappa shape index (κ1) is 8.51. The van der Waals surface area contributed by atoms with Gasteiger partial charge >= 0.3 is 0 Å². The molecule has 0 heterocycles. The van der Waals surface area contributed by atoms with Crippen LogP contribution in [0.4, 0.5) is 0 Å². The average Bonchev–Trinajstić information content (AvgIpc) is 2.27. The van der Waals surface area contributed by atoms with Crippen LogP contribution in [0.25, 0.3) is 0 Å². The molecule has 0 bridgehead atoms. The van der Waals surface area contributed by atoms with Crippen LogP contribution in [0.15, 0.2) is 0 Å². The van der Waals surface area contributed by atoms with E-state index in [2.05, 4.69) is 0 Å². The van der Waals surface area contributed by atoms with Gasteiger partial charge in [-0.1, -0.05) is 12.8 Å². The number of hydrogen-bond donors (Lipinski definition) is 1. The molecule has 0 aromatic rings. The third-order valence-electron chi connectivity index (χ3n) is 3.45. The second-order valence-corrected chi connectivity index (χ2v) is 6.17. The predicted octanol–water partition coefficient (Wildman–Crippen LogP) is 0.998. The Morgan fingerprint density at radius 2 is 1.67 bits per heavy atom. The maximum Gasteiger partial charge on any atom is 0.212 e. The first-order valence-electron chi connectivity index (χ1n) is 4.54. The third kappa shape index (κ3) is 1.27. The minimum Gasteiger partial charge on any atom is -0.228 e. The molecule has 4 heteroatoms. The zero-order valence-electron chi connectivity index (χ0n) is 7.12. The van der Waals surface area contributed by atoms with Gasteiger partial charge in [-0.25, -0.2) is 13.6 Å². The van der Waals surface area contributed by atoms with Gasteiger partial charge in [-0.15, -0.1) is 0 Å². The molecular weight excluding hydrogens is 174 g/mol. The highest BCUT2D eigenvalue weighted by molar-refractivity contribution is 7.89. The van der Waals surface area contributed by atoms with E-state index in [9.17, 15) is 8.42 Å². The van der Waals surface area contributed by atoms with Crippen LogP contribution in [0.3, 0.4) is 0 Å². The second-order valence-electron chi connectivity index (χ2n) is 4.33. The lowest BCUT2D eigenvalue weighted by Crippen LogP contribution is -2.46. The lowest BCUT2D eigenvalue weighted by atomic mass is 9.67. The Labute approximate surface area is 73.4 Å². The molecule has 2 aliphatic carbocycles. The molecule has 0 amide bonds. The van der Waals surface area contributed by atoms with Crippen LogP contribution in [0.1, 0.15) is 38.5 Å². The molecule has 1 spiro atoms. The molecule has 0 unspecified atom stereocenters. The van der Waals surface area contributed by atoms with Crippen molar-refractivity contribution in [2.45, 2.75) is 43.8 Å². The average molecular weight is 189 g/mol. The van der Waals surface area contributed by atoms with Crippen molar-refractivity contribution in [3.05, 3.63) is 0 Å². The van der Waals surface area contributed by atoms with Crippen LogP contribution >= 0.6 is 0 Å². The van der Waals surface area contributed by atoms with Gasteiger partial charge in [0, 0.05) is 0 Å². The quantitative estimate of drug-likeness (QED) is 0.669. The Morgan fingerprint density at radius 1 is 1.17 bits per heavy atom. The molecular formula is C8H15NO2S. The molecule has 0 aliphatic heterocycles. The molecule has 12 heavy (non-hydrogen) atoms. The number of nitrogens with two attached hydrogens (primary N) is 1. The van der Waals surface area contributed by atoms with Gasteiger partial charge in [-0.2, -0.15) is 0 Å². The van der Waals surface area contributed by atoms with Crippen molar-refractivity contribution in [1.82, 2.24) is 0 Å². The van der Waals surface area contributed by atoms with Gasteiger partial charge in [0.1, 0.15) is 0 Å². The molecule has 0 radical (unpaired) electrons. The predicted molar refractivity (Wildman–Crippen MR) is 47.0 cm³/mol. The van der Waals surface area contributed by atoms with Crippen molar-refractivity contribution in [2.24, 2.45) is 10.6 Å². The molecule has 2 N–H and O–H groups in total. The maximum absolute atomic E-state index is 10.9. The summed E-state index contributed by atoms with van der Waals surface area (Å²) in [6.07, 6.45) is 6.64. The summed E-state index contributed by atoms with van der Waals surface area (Å²) in [5.41, 5.74) is 0.386. The molecule has 2 rings (SSSR count). The lowest BCUT2D eigenvalue weighted by Gasteiger charge is -2.43. The minimum absolute atomic E-state index is 0.226. The van der Waals surface area contributed by atoms with E-state index in [1.54, 1.807) is 0 Å². The number of hydrogen-bond acceptors (Lipinski definition) is 2. The molecule has 0 aromatic heterocycles. The summed E-state index contributed by atoms with van der Waals surface area (Å²) in [5.74, 6) is 0. The summed E-state index contributed by atoms with van der Waals surface area (Å²) in [7, 11) is -3.23. The normalized spacial score (nSPS) is 29.1. The smallest absolute Gasteiger partial charge is 0.212 e. The van der Waals surface area contributed by atoms with Crippen LogP contribution in [-0.4, -0.2) is 13.7 Å². The highest BCUT2D eigenvalue weighted by Gasteiger charge is 2.49. The summed E-state index contributed by atoms with van der Waals surface area (Å²) >= 11 is 0. The van der Waals surface area contributed by atoms with E-state index in [-0.39, 0.29) is 5.25 Å². The fourth-order valence-electron chi connectivity index (χ4n) is 2.67. The van der Waals surface area contributed by atoms with E-state index in [0.717, 1.165) is 12.8 Å². The lowest BCUT2D eigenvalue weighted by molar-refractivity contribution is 0.148. The molecule has 3 nitrogen and oxygen atoms in total. The Kier molecular flexibility index (Phi) is 1.74. The fraction of sp³-hybridized carbons (Fsp3) is 1.00. The first-order valence-corrected chi connectivity index (χ1v) is 6.14. The van der Waals surface area contributed by atoms with Crippen molar-refractivity contribution in [3.63, 3.8) is 0 Å². The van der Waals surface area contributed by atoms with Crippen LogP contribution in [0.2, 0.25) is 0 Å². The fourth-order valence-corrected chi connectivity index (χ4v) is 3.84. The summed E-state index contributed by atoms with van der Waals surface area (Å²) in [5, 5.41) is 4.84. The van der Waals surface area contributed by atoms with E-state index >= 15 is 0 Å². The zero-order valence-corrected chi connectivity index (χ0v) is 7.94. The van der Waals surface area contributed by atoms with Gasteiger partial charge in [0.05, 0.1) is 5.25 Å². The highest BCUT2D eigenvalue weighted by Crippen LogP contribution is 2.54. The van der Waals surface area contributed by atoms with Gasteiger partial charge in [0.15, 0.2) is 0 Å². The third-order valence-corrected chi connectivity index (χ3v) is 4.71. The van der Waals surface area contributed by atoms with E-state index in [1.807, 2.05) is 0 Å². The van der Waals surface area contributed by atoms with E-state index in [0.29, 0.717) is 5.41 Å². The topological polar surface area (TPSA) is 60.2 Å². The highest BCUT2D eigenvalue weighted by atomic mass is 32.2. The van der Waals surface area contributed by atoms with Crippen LogP contribution in [-0.2, 0) is 10.0 Å². The van der Waals surface area contributed by atoms with E-state index < -0.39 is 10.0 Å². The van der Waals surface area contributed by atoms with E-state index in [1.165, 1.54) is 25.7 Å².